The fourth-order valence-electron chi connectivity index (χ4n) is 2.71. The number of benzene rings is 2. The van der Waals surface area contributed by atoms with Gasteiger partial charge < -0.3 is 5.11 Å². The highest BCUT2D eigenvalue weighted by Crippen LogP contribution is 2.29. The number of allylic oxidation sites excluding steroid dienone is 3. The second-order valence-corrected chi connectivity index (χ2v) is 5.67. The molecule has 0 spiro atoms. The molecule has 0 fully saturated rings. The summed E-state index contributed by atoms with van der Waals surface area (Å²) >= 11 is 0. The maximum atomic E-state index is 11.5. The standard InChI is InChI=1S/C21H22O3/c1-2-3-4-9-17(10-7-12-20(23)24)21-18(15-22)14-13-16-8-5-6-11-19(16)21/h5-11,13-15H,2-4,12H2,1H3,(H,23,24)/b10-7+,17-9-. The van der Waals surface area contributed by atoms with Crippen molar-refractivity contribution >= 4 is 28.6 Å². The van der Waals surface area contributed by atoms with Gasteiger partial charge in [-0.05, 0) is 28.3 Å². The Labute approximate surface area is 142 Å². The first-order valence-electron chi connectivity index (χ1n) is 8.23. The van der Waals surface area contributed by atoms with Gasteiger partial charge in [-0.3, -0.25) is 9.59 Å². The molecule has 0 radical (unpaired) electrons. The van der Waals surface area contributed by atoms with Crippen LogP contribution in [0.4, 0.5) is 0 Å². The molecule has 0 aliphatic rings. The third-order valence-electron chi connectivity index (χ3n) is 3.89. The van der Waals surface area contributed by atoms with Crippen molar-refractivity contribution in [1.82, 2.24) is 0 Å². The molecule has 0 amide bonds. The summed E-state index contributed by atoms with van der Waals surface area (Å²) in [6.45, 7) is 2.13. The number of unbranched alkanes of at least 4 members (excludes halogenated alkanes) is 2. The molecule has 0 unspecified atom stereocenters. The van der Waals surface area contributed by atoms with Crippen LogP contribution in [0, 0.1) is 0 Å². The summed E-state index contributed by atoms with van der Waals surface area (Å²) in [6.07, 6.45) is 9.40. The van der Waals surface area contributed by atoms with Gasteiger partial charge in [0.05, 0.1) is 6.42 Å². The highest BCUT2D eigenvalue weighted by atomic mass is 16.4. The zero-order valence-electron chi connectivity index (χ0n) is 13.9. The largest absolute Gasteiger partial charge is 0.481 e. The lowest BCUT2D eigenvalue weighted by atomic mass is 9.92. The van der Waals surface area contributed by atoms with Gasteiger partial charge in [0.1, 0.15) is 0 Å². The highest BCUT2D eigenvalue weighted by Gasteiger charge is 2.10. The predicted molar refractivity (Wildman–Crippen MR) is 98.2 cm³/mol. The molecule has 0 aromatic heterocycles. The maximum absolute atomic E-state index is 11.5. The molecule has 3 heteroatoms. The topological polar surface area (TPSA) is 54.4 Å². The molecule has 0 saturated carbocycles. The lowest BCUT2D eigenvalue weighted by molar-refractivity contribution is -0.136. The van der Waals surface area contributed by atoms with Crippen LogP contribution in [-0.4, -0.2) is 17.4 Å². The molecule has 0 aliphatic heterocycles. The predicted octanol–water partition coefficient (Wildman–Crippen LogP) is 5.26. The summed E-state index contributed by atoms with van der Waals surface area (Å²) < 4.78 is 0. The van der Waals surface area contributed by atoms with Crippen LogP contribution in [0.15, 0.2) is 54.6 Å². The Kier molecular flexibility index (Phi) is 6.50. The Hall–Kier alpha value is -2.68. The van der Waals surface area contributed by atoms with Crippen LogP contribution in [0.2, 0.25) is 0 Å². The number of hydrogen-bond acceptors (Lipinski definition) is 2. The molecule has 0 heterocycles. The lowest BCUT2D eigenvalue weighted by Crippen LogP contribution is -1.94. The average Bonchev–Trinajstić information content (AvgIpc) is 2.59. The van der Waals surface area contributed by atoms with Gasteiger partial charge in [0.2, 0.25) is 0 Å². The van der Waals surface area contributed by atoms with E-state index in [1.54, 1.807) is 6.08 Å². The van der Waals surface area contributed by atoms with Crippen LogP contribution in [0.5, 0.6) is 0 Å². The van der Waals surface area contributed by atoms with Gasteiger partial charge >= 0.3 is 5.97 Å². The molecule has 0 aliphatic carbocycles. The fraction of sp³-hybridized carbons (Fsp3) is 0.238. The molecule has 24 heavy (non-hydrogen) atoms. The Morgan fingerprint density at radius 1 is 1.17 bits per heavy atom. The third kappa shape index (κ3) is 4.42. The van der Waals surface area contributed by atoms with Crippen LogP contribution in [0.1, 0.15) is 48.5 Å². The maximum Gasteiger partial charge on any atom is 0.307 e. The number of fused-ring (bicyclic) bond motifs is 1. The van der Waals surface area contributed by atoms with Crippen molar-refractivity contribution in [2.24, 2.45) is 0 Å². The van der Waals surface area contributed by atoms with Crippen molar-refractivity contribution < 1.29 is 14.7 Å². The van der Waals surface area contributed by atoms with Crippen LogP contribution < -0.4 is 0 Å². The second kappa shape index (κ2) is 8.82. The van der Waals surface area contributed by atoms with E-state index in [9.17, 15) is 9.59 Å². The number of carbonyl (C=O) groups is 2. The van der Waals surface area contributed by atoms with E-state index >= 15 is 0 Å². The molecule has 2 rings (SSSR count). The number of hydrogen-bond donors (Lipinski definition) is 1. The molecule has 2 aromatic rings. The minimum absolute atomic E-state index is 0.0354. The number of carboxylic acids is 1. The zero-order chi connectivity index (χ0) is 17.4. The SMILES string of the molecule is CCCC/C=C(/C=C/CC(=O)O)c1c(C=O)ccc2ccccc12. The Balaban J connectivity index is 2.57. The van der Waals surface area contributed by atoms with Gasteiger partial charge in [-0.1, -0.05) is 74.4 Å². The van der Waals surface area contributed by atoms with Crippen LogP contribution in [0.3, 0.4) is 0 Å². The smallest absolute Gasteiger partial charge is 0.307 e. The van der Waals surface area contributed by atoms with E-state index in [1.807, 2.05) is 42.5 Å². The number of carbonyl (C=O) groups excluding carboxylic acids is 1. The van der Waals surface area contributed by atoms with Crippen LogP contribution >= 0.6 is 0 Å². The van der Waals surface area contributed by atoms with Crippen molar-refractivity contribution in [2.45, 2.75) is 32.6 Å². The third-order valence-corrected chi connectivity index (χ3v) is 3.89. The summed E-state index contributed by atoms with van der Waals surface area (Å²) in [7, 11) is 0. The molecule has 0 bridgehead atoms. The van der Waals surface area contributed by atoms with Crippen molar-refractivity contribution in [3.8, 4) is 0 Å². The average molecular weight is 322 g/mol. The number of carboxylic acid groups (broad SMARTS) is 1. The molecule has 0 saturated heterocycles. The van der Waals surface area contributed by atoms with E-state index in [1.165, 1.54) is 0 Å². The van der Waals surface area contributed by atoms with E-state index in [0.717, 1.165) is 47.5 Å². The van der Waals surface area contributed by atoms with E-state index in [2.05, 4.69) is 13.0 Å². The zero-order valence-corrected chi connectivity index (χ0v) is 13.9. The lowest BCUT2D eigenvalue weighted by Gasteiger charge is -2.11. The van der Waals surface area contributed by atoms with E-state index in [4.69, 9.17) is 5.11 Å². The molecular weight excluding hydrogens is 300 g/mol. The van der Waals surface area contributed by atoms with Gasteiger partial charge in [0.15, 0.2) is 6.29 Å². The van der Waals surface area contributed by atoms with E-state index in [-0.39, 0.29) is 6.42 Å². The molecule has 2 aromatic carbocycles. The Morgan fingerprint density at radius 2 is 1.96 bits per heavy atom. The van der Waals surface area contributed by atoms with Crippen molar-refractivity contribution in [2.75, 3.05) is 0 Å². The normalized spacial score (nSPS) is 12.0. The number of aldehydes is 1. The van der Waals surface area contributed by atoms with E-state index in [0.29, 0.717) is 5.56 Å². The highest BCUT2D eigenvalue weighted by molar-refractivity contribution is 6.02. The van der Waals surface area contributed by atoms with Gasteiger partial charge in [-0.2, -0.15) is 0 Å². The molecule has 124 valence electrons. The minimum Gasteiger partial charge on any atom is -0.481 e. The molecule has 3 nitrogen and oxygen atoms in total. The first-order chi connectivity index (χ1) is 11.7. The van der Waals surface area contributed by atoms with Gasteiger partial charge in [-0.25, -0.2) is 0 Å². The van der Waals surface area contributed by atoms with Crippen molar-refractivity contribution in [3.05, 3.63) is 65.8 Å². The quantitative estimate of drug-likeness (QED) is 0.410. The Bertz CT molecular complexity index is 785. The van der Waals surface area contributed by atoms with E-state index < -0.39 is 5.97 Å². The fourth-order valence-corrected chi connectivity index (χ4v) is 2.71. The monoisotopic (exact) mass is 322 g/mol. The Morgan fingerprint density at radius 3 is 2.67 bits per heavy atom. The first-order valence-corrected chi connectivity index (χ1v) is 8.23. The summed E-state index contributed by atoms with van der Waals surface area (Å²) in [6, 6.07) is 11.7. The summed E-state index contributed by atoms with van der Waals surface area (Å²) in [5, 5.41) is 10.9. The van der Waals surface area contributed by atoms with Gasteiger partial charge in [0, 0.05) is 5.56 Å². The number of rotatable bonds is 8. The second-order valence-electron chi connectivity index (χ2n) is 5.67. The van der Waals surface area contributed by atoms with Crippen molar-refractivity contribution in [1.29, 1.82) is 0 Å². The van der Waals surface area contributed by atoms with Crippen LogP contribution in [0.25, 0.3) is 16.3 Å². The summed E-state index contributed by atoms with van der Waals surface area (Å²) in [5.74, 6) is -0.868. The molecule has 1 N–H and O–H groups in total. The van der Waals surface area contributed by atoms with Crippen molar-refractivity contribution in [3.63, 3.8) is 0 Å². The number of aliphatic carboxylic acids is 1. The minimum atomic E-state index is -0.868. The first kappa shape index (κ1) is 17.7. The molecule has 0 atom stereocenters. The van der Waals surface area contributed by atoms with Crippen LogP contribution in [-0.2, 0) is 4.79 Å². The molecular formula is C21H22O3. The summed E-state index contributed by atoms with van der Waals surface area (Å²) in [4.78, 5) is 22.3. The van der Waals surface area contributed by atoms with Gasteiger partial charge in [0.25, 0.3) is 0 Å². The van der Waals surface area contributed by atoms with Gasteiger partial charge in [-0.15, -0.1) is 0 Å². The summed E-state index contributed by atoms with van der Waals surface area (Å²) in [5.41, 5.74) is 2.40.